The Morgan fingerprint density at radius 2 is 2.00 bits per heavy atom. The van der Waals surface area contributed by atoms with Crippen molar-refractivity contribution in [2.75, 3.05) is 25.9 Å². The van der Waals surface area contributed by atoms with Crippen molar-refractivity contribution in [2.45, 2.75) is 37.5 Å². The number of pyridine rings is 1. The van der Waals surface area contributed by atoms with E-state index in [0.717, 1.165) is 0 Å². The largest absolute Gasteiger partial charge is 0.480 e. The highest BCUT2D eigenvalue weighted by Gasteiger charge is 2.51. The lowest BCUT2D eigenvalue weighted by Crippen LogP contribution is -2.47. The Labute approximate surface area is 209 Å². The van der Waals surface area contributed by atoms with E-state index >= 15 is 0 Å². The fourth-order valence-electron chi connectivity index (χ4n) is 4.84. The zero-order valence-electron chi connectivity index (χ0n) is 19.8. The monoisotopic (exact) mass is 518 g/mol. The maximum atomic E-state index is 14.7. The number of anilines is 1. The number of fused-ring (bicyclic) bond motifs is 1. The summed E-state index contributed by atoms with van der Waals surface area (Å²) in [7, 11) is 1.34. The minimum atomic E-state index is -2.86. The molecule has 5 N–H and O–H groups in total. The Morgan fingerprint density at radius 1 is 1.24 bits per heavy atom. The molecule has 0 spiro atoms. The van der Waals surface area contributed by atoms with E-state index in [1.807, 2.05) is 0 Å². The summed E-state index contributed by atoms with van der Waals surface area (Å²) in [5.74, 6) is -4.63. The second-order valence-corrected chi connectivity index (χ2v) is 9.25. The number of nitrogens with zero attached hydrogens (tertiary/aromatic N) is 5. The number of nitrogen functional groups attached to an aromatic ring is 1. The number of amides is 2. The van der Waals surface area contributed by atoms with Gasteiger partial charge in [0.05, 0.1) is 25.4 Å². The molecule has 2 amide bonds. The fraction of sp³-hybridized carbons (Fsp3) is 0.435. The van der Waals surface area contributed by atoms with Crippen molar-refractivity contribution in [3.05, 3.63) is 35.8 Å². The van der Waals surface area contributed by atoms with Crippen LogP contribution in [-0.2, 0) is 11.3 Å². The molecule has 2 unspecified atom stereocenters. The quantitative estimate of drug-likeness (QED) is 0.439. The smallest absolute Gasteiger partial charge is 0.257 e. The summed E-state index contributed by atoms with van der Waals surface area (Å²) in [6.07, 6.45) is 0.136. The average Bonchev–Trinajstić information content (AvgIpc) is 3.42. The SMILES string of the molecule is COc1ncc(-c2cc(CN)c3c(N)ncnn23)cc1C(=O)NC1CN(C(=O)C2CC(F)(F)C2)CC1F. The van der Waals surface area contributed by atoms with Gasteiger partial charge >= 0.3 is 0 Å². The first-order valence-corrected chi connectivity index (χ1v) is 11.6. The molecular weight excluding hydrogens is 493 g/mol. The Bertz CT molecular complexity index is 1370. The molecule has 14 heteroatoms. The van der Waals surface area contributed by atoms with Crippen molar-refractivity contribution in [1.29, 1.82) is 0 Å². The first-order valence-electron chi connectivity index (χ1n) is 11.6. The zero-order chi connectivity index (χ0) is 26.5. The predicted molar refractivity (Wildman–Crippen MR) is 125 cm³/mol. The first-order chi connectivity index (χ1) is 17.6. The van der Waals surface area contributed by atoms with Crippen LogP contribution >= 0.6 is 0 Å². The number of rotatable bonds is 6. The summed E-state index contributed by atoms with van der Waals surface area (Å²) in [5, 5.41) is 6.82. The molecule has 2 atom stereocenters. The van der Waals surface area contributed by atoms with Gasteiger partial charge in [-0.25, -0.2) is 27.7 Å². The molecule has 4 heterocycles. The lowest BCUT2D eigenvalue weighted by Gasteiger charge is -2.36. The second-order valence-electron chi connectivity index (χ2n) is 9.25. The summed E-state index contributed by atoms with van der Waals surface area (Å²) in [6.45, 7) is -0.228. The molecular formula is C23H25F3N8O3. The van der Waals surface area contributed by atoms with Crippen molar-refractivity contribution >= 4 is 23.1 Å². The van der Waals surface area contributed by atoms with Crippen LogP contribution < -0.4 is 21.5 Å². The highest BCUT2D eigenvalue weighted by atomic mass is 19.3. The third-order valence-electron chi connectivity index (χ3n) is 6.78. The highest BCUT2D eigenvalue weighted by Crippen LogP contribution is 2.43. The van der Waals surface area contributed by atoms with Crippen molar-refractivity contribution in [1.82, 2.24) is 29.8 Å². The number of nitrogens with one attached hydrogen (secondary N) is 1. The number of hydrogen-bond acceptors (Lipinski definition) is 8. The molecule has 5 rings (SSSR count). The maximum absolute atomic E-state index is 14.7. The third-order valence-corrected chi connectivity index (χ3v) is 6.78. The number of ether oxygens (including phenoxy) is 1. The molecule has 1 aliphatic carbocycles. The van der Waals surface area contributed by atoms with Crippen LogP contribution in [0.1, 0.15) is 28.8 Å². The number of halogens is 3. The summed E-state index contributed by atoms with van der Waals surface area (Å²) in [5.41, 5.74) is 14.1. The first kappa shape index (κ1) is 24.7. The fourth-order valence-corrected chi connectivity index (χ4v) is 4.84. The number of nitrogens with two attached hydrogens (primary N) is 2. The van der Waals surface area contributed by atoms with Crippen LogP contribution in [0.3, 0.4) is 0 Å². The van der Waals surface area contributed by atoms with Gasteiger partial charge in [0.2, 0.25) is 17.7 Å². The third kappa shape index (κ3) is 4.41. The number of likely N-dealkylation sites (tertiary alicyclic amines) is 1. The van der Waals surface area contributed by atoms with E-state index in [2.05, 4.69) is 20.4 Å². The van der Waals surface area contributed by atoms with E-state index in [1.54, 1.807) is 6.07 Å². The van der Waals surface area contributed by atoms with Crippen LogP contribution in [0.2, 0.25) is 0 Å². The van der Waals surface area contributed by atoms with E-state index in [4.69, 9.17) is 16.2 Å². The molecule has 0 bridgehead atoms. The lowest BCUT2D eigenvalue weighted by molar-refractivity contribution is -0.159. The molecule has 37 heavy (non-hydrogen) atoms. The van der Waals surface area contributed by atoms with Crippen LogP contribution in [-0.4, -0.2) is 74.6 Å². The Hall–Kier alpha value is -3.94. The molecule has 3 aromatic rings. The van der Waals surface area contributed by atoms with Crippen molar-refractivity contribution in [2.24, 2.45) is 11.7 Å². The van der Waals surface area contributed by atoms with Gasteiger partial charge in [-0.05, 0) is 17.7 Å². The number of carbonyl (C=O) groups is 2. The molecule has 2 fully saturated rings. The van der Waals surface area contributed by atoms with Gasteiger partial charge in [0.1, 0.15) is 23.6 Å². The summed E-state index contributed by atoms with van der Waals surface area (Å²) in [4.78, 5) is 35.1. The molecule has 0 radical (unpaired) electrons. The van der Waals surface area contributed by atoms with Gasteiger partial charge in [-0.15, -0.1) is 0 Å². The van der Waals surface area contributed by atoms with E-state index in [-0.39, 0.29) is 36.9 Å². The van der Waals surface area contributed by atoms with Crippen LogP contribution in [0.5, 0.6) is 5.88 Å². The van der Waals surface area contributed by atoms with Crippen LogP contribution in [0.4, 0.5) is 19.0 Å². The van der Waals surface area contributed by atoms with Crippen molar-refractivity contribution in [3.8, 4) is 17.1 Å². The molecule has 1 aliphatic heterocycles. The Morgan fingerprint density at radius 3 is 2.68 bits per heavy atom. The van der Waals surface area contributed by atoms with Gasteiger partial charge in [0, 0.05) is 43.6 Å². The summed E-state index contributed by atoms with van der Waals surface area (Å²) in [6, 6.07) is 2.26. The van der Waals surface area contributed by atoms with Gasteiger partial charge in [0.15, 0.2) is 5.82 Å². The number of methoxy groups -OCH3 is 1. The van der Waals surface area contributed by atoms with E-state index < -0.39 is 48.7 Å². The Kier molecular flexibility index (Phi) is 6.14. The van der Waals surface area contributed by atoms with Crippen LogP contribution in [0, 0.1) is 5.92 Å². The van der Waals surface area contributed by atoms with Crippen molar-refractivity contribution < 1.29 is 27.5 Å². The van der Waals surface area contributed by atoms with Crippen LogP contribution in [0.25, 0.3) is 16.8 Å². The van der Waals surface area contributed by atoms with Gasteiger partial charge in [-0.2, -0.15) is 5.10 Å². The number of aromatic nitrogens is 4. The molecule has 196 valence electrons. The second kappa shape index (κ2) is 9.18. The molecule has 1 saturated carbocycles. The number of alkyl halides is 3. The van der Waals surface area contributed by atoms with Gasteiger partial charge in [0.25, 0.3) is 5.91 Å². The standard InChI is InChI=1S/C23H25F3N8O3/c1-37-21-14(2-12(7-29-21)17-3-11(6-27)18-19(28)30-10-31-34(17)18)20(35)32-16-9-33(8-15(16)24)22(36)13-4-23(25,26)5-13/h2-3,7,10,13,15-16H,4-6,8-9,27H2,1H3,(H,32,35)(H2,28,30,31). The normalized spacial score (nSPS) is 21.2. The maximum Gasteiger partial charge on any atom is 0.257 e. The van der Waals surface area contributed by atoms with Gasteiger partial charge < -0.3 is 26.4 Å². The molecule has 3 aromatic heterocycles. The van der Waals surface area contributed by atoms with E-state index in [0.29, 0.717) is 22.3 Å². The molecule has 0 aromatic carbocycles. The highest BCUT2D eigenvalue weighted by molar-refractivity contribution is 5.98. The molecule has 2 aliphatic rings. The van der Waals surface area contributed by atoms with Crippen LogP contribution in [0.15, 0.2) is 24.7 Å². The molecule has 11 nitrogen and oxygen atoms in total. The molecule has 1 saturated heterocycles. The average molecular weight is 519 g/mol. The predicted octanol–water partition coefficient (Wildman–Crippen LogP) is 1.16. The minimum Gasteiger partial charge on any atom is -0.480 e. The number of hydrogen-bond donors (Lipinski definition) is 3. The van der Waals surface area contributed by atoms with Gasteiger partial charge in [-0.1, -0.05) is 0 Å². The number of carbonyl (C=O) groups excluding carboxylic acids is 2. The van der Waals surface area contributed by atoms with Gasteiger partial charge in [-0.3, -0.25) is 9.59 Å². The lowest BCUT2D eigenvalue weighted by atomic mass is 9.80. The summed E-state index contributed by atoms with van der Waals surface area (Å²) >= 11 is 0. The Balaban J connectivity index is 1.38. The van der Waals surface area contributed by atoms with E-state index in [1.165, 1.54) is 35.1 Å². The zero-order valence-corrected chi connectivity index (χ0v) is 19.8. The van der Waals surface area contributed by atoms with E-state index in [9.17, 15) is 22.8 Å². The van der Waals surface area contributed by atoms with Crippen molar-refractivity contribution in [3.63, 3.8) is 0 Å². The topological polar surface area (TPSA) is 154 Å². The summed E-state index contributed by atoms with van der Waals surface area (Å²) < 4.78 is 47.9. The minimum absolute atomic E-state index is 0.00772.